The van der Waals surface area contributed by atoms with E-state index >= 15 is 0 Å². The van der Waals surface area contributed by atoms with Crippen molar-refractivity contribution in [3.8, 4) is 0 Å². The summed E-state index contributed by atoms with van der Waals surface area (Å²) in [4.78, 5) is 12.2. The van der Waals surface area contributed by atoms with E-state index in [0.717, 1.165) is 43.6 Å². The zero-order valence-electron chi connectivity index (χ0n) is 11.9. The number of nitrogens with one attached hydrogen (secondary N) is 1. The van der Waals surface area contributed by atoms with Crippen LogP contribution in [0.15, 0.2) is 4.42 Å². The first-order valence-electron chi connectivity index (χ1n) is 6.98. The van der Waals surface area contributed by atoms with Gasteiger partial charge in [0.15, 0.2) is 0 Å². The molecule has 0 radical (unpaired) electrons. The molecule has 0 bridgehead atoms. The smallest absolute Gasteiger partial charge is 0.255 e. The number of amides is 1. The second-order valence-electron chi connectivity index (χ2n) is 5.54. The van der Waals surface area contributed by atoms with Gasteiger partial charge in [0.2, 0.25) is 0 Å². The molecule has 1 aromatic rings. The monoisotopic (exact) mass is 283 g/mol. The van der Waals surface area contributed by atoms with Crippen LogP contribution < -0.4 is 5.32 Å². The number of furan rings is 1. The van der Waals surface area contributed by atoms with Gasteiger partial charge < -0.3 is 9.73 Å². The predicted octanol–water partition coefficient (Wildman–Crippen LogP) is 3.73. The van der Waals surface area contributed by atoms with Crippen molar-refractivity contribution in [3.63, 3.8) is 0 Å². The van der Waals surface area contributed by atoms with E-state index in [1.807, 2.05) is 20.8 Å². The number of carbonyl (C=O) groups excluding carboxylic acids is 1. The van der Waals surface area contributed by atoms with Crippen LogP contribution in [-0.2, 0) is 0 Å². The first kappa shape index (κ1) is 14.4. The average Bonchev–Trinajstić information content (AvgIpc) is 2.62. The number of hydrogen-bond donors (Lipinski definition) is 1. The maximum atomic E-state index is 12.2. The first-order chi connectivity index (χ1) is 8.99. The fraction of sp³-hybridized carbons (Fsp3) is 0.667. The Morgan fingerprint density at radius 3 is 2.37 bits per heavy atom. The van der Waals surface area contributed by atoms with E-state index in [1.165, 1.54) is 0 Å². The van der Waals surface area contributed by atoms with E-state index in [1.54, 1.807) is 0 Å². The quantitative estimate of drug-likeness (QED) is 0.859. The van der Waals surface area contributed by atoms with E-state index < -0.39 is 0 Å². The summed E-state index contributed by atoms with van der Waals surface area (Å²) in [6.45, 7) is 6.40. The maximum Gasteiger partial charge on any atom is 0.255 e. The van der Waals surface area contributed by atoms with Crippen LogP contribution in [0.5, 0.6) is 0 Å². The molecule has 19 heavy (non-hydrogen) atoms. The van der Waals surface area contributed by atoms with E-state index in [9.17, 15) is 4.79 Å². The first-order valence-corrected chi connectivity index (χ1v) is 7.41. The van der Waals surface area contributed by atoms with Crippen molar-refractivity contribution in [1.29, 1.82) is 0 Å². The highest BCUT2D eigenvalue weighted by Crippen LogP contribution is 2.27. The third kappa shape index (κ3) is 3.33. The Labute approximate surface area is 119 Å². The second kappa shape index (κ2) is 6.00. The molecule has 106 valence electrons. The molecule has 1 fully saturated rings. The van der Waals surface area contributed by atoms with Gasteiger partial charge in [-0.1, -0.05) is 0 Å². The number of rotatable bonds is 3. The van der Waals surface area contributed by atoms with Gasteiger partial charge in [0, 0.05) is 17.5 Å². The highest BCUT2D eigenvalue weighted by molar-refractivity contribution is 6.20. The molecule has 1 heterocycles. The summed E-state index contributed by atoms with van der Waals surface area (Å²) in [5, 5.41) is 3.36. The molecule has 0 unspecified atom stereocenters. The van der Waals surface area contributed by atoms with Crippen LogP contribution in [0.25, 0.3) is 0 Å². The van der Waals surface area contributed by atoms with Crippen molar-refractivity contribution in [2.45, 2.75) is 51.8 Å². The number of halogens is 1. The molecule has 1 N–H and O–H groups in total. The van der Waals surface area contributed by atoms with E-state index in [2.05, 4.69) is 5.32 Å². The van der Waals surface area contributed by atoms with Gasteiger partial charge in [0.25, 0.3) is 5.91 Å². The maximum absolute atomic E-state index is 12.2. The molecular formula is C15H22ClNO2. The summed E-state index contributed by atoms with van der Waals surface area (Å²) in [6, 6.07) is 0. The minimum absolute atomic E-state index is 0.0140. The Balaban J connectivity index is 1.91. The molecule has 0 atom stereocenters. The molecule has 1 saturated carbocycles. The van der Waals surface area contributed by atoms with Crippen molar-refractivity contribution >= 4 is 17.5 Å². The molecule has 0 aliphatic heterocycles. The zero-order valence-corrected chi connectivity index (χ0v) is 12.6. The molecule has 4 heteroatoms. The van der Waals surface area contributed by atoms with Crippen molar-refractivity contribution in [2.75, 3.05) is 6.54 Å². The van der Waals surface area contributed by atoms with Crippen molar-refractivity contribution in [1.82, 2.24) is 5.32 Å². The number of hydrogen-bond acceptors (Lipinski definition) is 2. The molecule has 1 aliphatic carbocycles. The SMILES string of the molecule is Cc1oc(C)c(C(=O)NCC2CCC(Cl)CC2)c1C. The van der Waals surface area contributed by atoms with E-state index in [-0.39, 0.29) is 5.91 Å². The number of aryl methyl sites for hydroxylation is 2. The summed E-state index contributed by atoms with van der Waals surface area (Å²) in [5.74, 6) is 2.08. The molecule has 1 aromatic heterocycles. The fourth-order valence-electron chi connectivity index (χ4n) is 2.78. The van der Waals surface area contributed by atoms with Gasteiger partial charge in [-0.05, 0) is 52.4 Å². The zero-order chi connectivity index (χ0) is 14.0. The van der Waals surface area contributed by atoms with Gasteiger partial charge in [-0.2, -0.15) is 0 Å². The van der Waals surface area contributed by atoms with E-state index in [4.69, 9.17) is 16.0 Å². The lowest BCUT2D eigenvalue weighted by Gasteiger charge is -2.25. The lowest BCUT2D eigenvalue weighted by molar-refractivity contribution is 0.0941. The standard InChI is InChI=1S/C15H22ClNO2/c1-9-10(2)19-11(3)14(9)15(18)17-8-12-4-6-13(16)7-5-12/h12-13H,4-8H2,1-3H3,(H,17,18). The largest absolute Gasteiger partial charge is 0.466 e. The Morgan fingerprint density at radius 2 is 1.84 bits per heavy atom. The Hall–Kier alpha value is -0.960. The van der Waals surface area contributed by atoms with Crippen molar-refractivity contribution in [2.24, 2.45) is 5.92 Å². The lowest BCUT2D eigenvalue weighted by Crippen LogP contribution is -2.31. The lowest BCUT2D eigenvalue weighted by atomic mass is 9.89. The molecule has 3 nitrogen and oxygen atoms in total. The molecule has 0 spiro atoms. The van der Waals surface area contributed by atoms with Crippen LogP contribution in [0, 0.1) is 26.7 Å². The van der Waals surface area contributed by atoms with E-state index in [0.29, 0.717) is 22.6 Å². The van der Waals surface area contributed by atoms with Crippen LogP contribution in [0.1, 0.15) is 53.1 Å². The summed E-state index contributed by atoms with van der Waals surface area (Å²) < 4.78 is 5.49. The Bertz CT molecular complexity index is 459. The van der Waals surface area contributed by atoms with Crippen LogP contribution in [0.4, 0.5) is 0 Å². The normalized spacial score (nSPS) is 23.4. The van der Waals surface area contributed by atoms with Gasteiger partial charge in [-0.3, -0.25) is 4.79 Å². The van der Waals surface area contributed by atoms with Crippen molar-refractivity contribution < 1.29 is 9.21 Å². The van der Waals surface area contributed by atoms with Crippen LogP contribution in [-0.4, -0.2) is 17.8 Å². The summed E-state index contributed by atoms with van der Waals surface area (Å²) >= 11 is 6.09. The molecule has 1 aliphatic rings. The minimum atomic E-state index is -0.0140. The third-order valence-corrected chi connectivity index (χ3v) is 4.55. The molecule has 0 aromatic carbocycles. The van der Waals surface area contributed by atoms with Crippen LogP contribution >= 0.6 is 11.6 Å². The Kier molecular flexibility index (Phi) is 4.56. The van der Waals surface area contributed by atoms with Gasteiger partial charge in [0.05, 0.1) is 5.56 Å². The third-order valence-electron chi connectivity index (χ3n) is 4.12. The molecule has 0 saturated heterocycles. The highest BCUT2D eigenvalue weighted by Gasteiger charge is 2.22. The number of carbonyl (C=O) groups is 1. The molecular weight excluding hydrogens is 262 g/mol. The topological polar surface area (TPSA) is 42.2 Å². The second-order valence-corrected chi connectivity index (χ2v) is 6.16. The van der Waals surface area contributed by atoms with Gasteiger partial charge in [-0.25, -0.2) is 0 Å². The van der Waals surface area contributed by atoms with Crippen LogP contribution in [0.2, 0.25) is 0 Å². The fourth-order valence-corrected chi connectivity index (χ4v) is 3.03. The van der Waals surface area contributed by atoms with Gasteiger partial charge in [0.1, 0.15) is 11.5 Å². The average molecular weight is 284 g/mol. The summed E-state index contributed by atoms with van der Waals surface area (Å²) in [6.07, 6.45) is 4.34. The van der Waals surface area contributed by atoms with Gasteiger partial charge in [-0.15, -0.1) is 11.6 Å². The predicted molar refractivity (Wildman–Crippen MR) is 76.9 cm³/mol. The number of alkyl halides is 1. The van der Waals surface area contributed by atoms with Crippen LogP contribution in [0.3, 0.4) is 0 Å². The van der Waals surface area contributed by atoms with Gasteiger partial charge >= 0.3 is 0 Å². The Morgan fingerprint density at radius 1 is 1.21 bits per heavy atom. The summed E-state index contributed by atoms with van der Waals surface area (Å²) in [5.41, 5.74) is 1.64. The van der Waals surface area contributed by atoms with Crippen molar-refractivity contribution in [3.05, 3.63) is 22.6 Å². The highest BCUT2D eigenvalue weighted by atomic mass is 35.5. The molecule has 1 amide bonds. The molecule has 2 rings (SSSR count). The minimum Gasteiger partial charge on any atom is -0.466 e. The summed E-state index contributed by atoms with van der Waals surface area (Å²) in [7, 11) is 0.